The predicted molar refractivity (Wildman–Crippen MR) is 111 cm³/mol. The van der Waals surface area contributed by atoms with Crippen LogP contribution in [0.1, 0.15) is 29.9 Å². The van der Waals surface area contributed by atoms with Crippen molar-refractivity contribution in [1.29, 1.82) is 0 Å². The third-order valence-corrected chi connectivity index (χ3v) is 4.94. The predicted octanol–water partition coefficient (Wildman–Crippen LogP) is 2.53. The van der Waals surface area contributed by atoms with Crippen molar-refractivity contribution in [1.82, 2.24) is 19.5 Å². The molecule has 2 heterocycles. The smallest absolute Gasteiger partial charge is 0.328 e. The van der Waals surface area contributed by atoms with Gasteiger partial charge in [-0.05, 0) is 30.5 Å². The Balaban J connectivity index is 1.67. The van der Waals surface area contributed by atoms with Crippen molar-refractivity contribution >= 4 is 17.1 Å². The monoisotopic (exact) mass is 376 g/mol. The van der Waals surface area contributed by atoms with Crippen LogP contribution in [-0.2, 0) is 6.54 Å². The first-order chi connectivity index (χ1) is 13.8. The van der Waals surface area contributed by atoms with Crippen LogP contribution in [0.15, 0.2) is 59.6 Å². The van der Waals surface area contributed by atoms with E-state index < -0.39 is 0 Å². The topological polar surface area (TPSA) is 102 Å². The van der Waals surface area contributed by atoms with Crippen molar-refractivity contribution in [2.45, 2.75) is 25.3 Å². The van der Waals surface area contributed by atoms with Crippen LogP contribution in [-0.4, -0.2) is 32.6 Å². The van der Waals surface area contributed by atoms with Crippen LogP contribution in [0.25, 0.3) is 11.2 Å². The van der Waals surface area contributed by atoms with E-state index in [0.29, 0.717) is 42.7 Å². The van der Waals surface area contributed by atoms with E-state index in [0.717, 1.165) is 18.4 Å². The van der Waals surface area contributed by atoms with E-state index in [9.17, 15) is 4.79 Å². The Labute approximate surface area is 163 Å². The molecule has 2 aromatic heterocycles. The molecule has 4 rings (SSSR count). The van der Waals surface area contributed by atoms with Crippen LogP contribution in [0.3, 0.4) is 0 Å². The first-order valence-electron chi connectivity index (χ1n) is 9.57. The molecule has 1 aliphatic rings. The summed E-state index contributed by atoms with van der Waals surface area (Å²) in [4.78, 5) is 24.2. The van der Waals surface area contributed by atoms with Gasteiger partial charge in [0.1, 0.15) is 5.52 Å². The summed E-state index contributed by atoms with van der Waals surface area (Å²) >= 11 is 0. The minimum Gasteiger partial charge on any atom is -0.354 e. The molecule has 144 valence electrons. The van der Waals surface area contributed by atoms with Crippen LogP contribution in [0.4, 0.5) is 5.95 Å². The van der Waals surface area contributed by atoms with Crippen molar-refractivity contribution in [2.75, 3.05) is 18.4 Å². The van der Waals surface area contributed by atoms with E-state index in [1.807, 2.05) is 12.1 Å². The highest BCUT2D eigenvalue weighted by atomic mass is 16.1. The van der Waals surface area contributed by atoms with Gasteiger partial charge in [0, 0.05) is 12.5 Å². The summed E-state index contributed by atoms with van der Waals surface area (Å²) in [6.07, 6.45) is 12.0. The first-order valence-corrected chi connectivity index (χ1v) is 9.57. The van der Waals surface area contributed by atoms with E-state index in [1.54, 1.807) is 10.8 Å². The van der Waals surface area contributed by atoms with Gasteiger partial charge >= 0.3 is 5.69 Å². The number of aromatic nitrogens is 4. The highest BCUT2D eigenvalue weighted by molar-refractivity contribution is 5.71. The number of imidazole rings is 1. The fourth-order valence-corrected chi connectivity index (χ4v) is 3.50. The Kier molecular flexibility index (Phi) is 5.34. The molecule has 1 unspecified atom stereocenters. The number of hydrogen-bond acceptors (Lipinski definition) is 5. The van der Waals surface area contributed by atoms with Crippen molar-refractivity contribution in [2.24, 2.45) is 5.73 Å². The van der Waals surface area contributed by atoms with E-state index in [4.69, 9.17) is 5.73 Å². The second-order valence-corrected chi connectivity index (χ2v) is 6.87. The molecule has 7 nitrogen and oxygen atoms in total. The molecular weight excluding hydrogens is 352 g/mol. The SMILES string of the molecule is NCCCNc1ncc2[nH]c(=O)n(Cc3ccccc3C3C=CC=CC3)c2n1. The van der Waals surface area contributed by atoms with Gasteiger partial charge in [-0.25, -0.2) is 9.78 Å². The quantitative estimate of drug-likeness (QED) is 0.550. The lowest BCUT2D eigenvalue weighted by atomic mass is 9.89. The lowest BCUT2D eigenvalue weighted by Gasteiger charge is -2.18. The van der Waals surface area contributed by atoms with Gasteiger partial charge in [-0.2, -0.15) is 4.98 Å². The number of benzene rings is 1. The van der Waals surface area contributed by atoms with Gasteiger partial charge in [0.15, 0.2) is 5.65 Å². The lowest BCUT2D eigenvalue weighted by molar-refractivity contribution is 0.749. The molecule has 0 amide bonds. The summed E-state index contributed by atoms with van der Waals surface area (Å²) in [5.41, 5.74) is 8.93. The molecule has 0 saturated heterocycles. The van der Waals surface area contributed by atoms with Crippen LogP contribution in [0, 0.1) is 0 Å². The zero-order chi connectivity index (χ0) is 19.3. The minimum atomic E-state index is -0.183. The van der Waals surface area contributed by atoms with E-state index in [1.165, 1.54) is 5.56 Å². The third-order valence-electron chi connectivity index (χ3n) is 4.94. The molecule has 0 radical (unpaired) electrons. The molecule has 3 aromatic rings. The number of hydrogen-bond donors (Lipinski definition) is 3. The van der Waals surface area contributed by atoms with Gasteiger partial charge in [-0.15, -0.1) is 0 Å². The second-order valence-electron chi connectivity index (χ2n) is 6.87. The number of nitrogens with one attached hydrogen (secondary N) is 2. The maximum absolute atomic E-state index is 12.6. The number of allylic oxidation sites excluding steroid dienone is 4. The number of anilines is 1. The molecule has 0 saturated carbocycles. The minimum absolute atomic E-state index is 0.183. The normalized spacial score (nSPS) is 16.0. The number of nitrogens with zero attached hydrogens (tertiary/aromatic N) is 3. The Bertz CT molecular complexity index is 1080. The van der Waals surface area contributed by atoms with Gasteiger partial charge in [0.05, 0.1) is 12.7 Å². The number of H-pyrrole nitrogens is 1. The lowest BCUT2D eigenvalue weighted by Crippen LogP contribution is -2.19. The standard InChI is InChI=1S/C21H24N6O/c22-11-6-12-23-20-24-13-18-19(26-20)27(21(28)25-18)14-16-9-4-5-10-17(16)15-7-2-1-3-8-15/h1-5,7,9-10,13,15H,6,8,11-12,14,22H2,(H,25,28)(H,23,24,26). The zero-order valence-electron chi connectivity index (χ0n) is 15.6. The molecule has 28 heavy (non-hydrogen) atoms. The Morgan fingerprint density at radius 3 is 3.00 bits per heavy atom. The molecule has 0 bridgehead atoms. The van der Waals surface area contributed by atoms with Crippen molar-refractivity contribution < 1.29 is 0 Å². The van der Waals surface area contributed by atoms with E-state index >= 15 is 0 Å². The Morgan fingerprint density at radius 1 is 1.29 bits per heavy atom. The maximum atomic E-state index is 12.6. The molecule has 0 fully saturated rings. The fourth-order valence-electron chi connectivity index (χ4n) is 3.50. The first kappa shape index (κ1) is 18.2. The van der Waals surface area contributed by atoms with Crippen molar-refractivity contribution in [3.63, 3.8) is 0 Å². The summed E-state index contributed by atoms with van der Waals surface area (Å²) in [5, 5.41) is 3.15. The van der Waals surface area contributed by atoms with Crippen molar-refractivity contribution in [3.8, 4) is 0 Å². The molecule has 4 N–H and O–H groups in total. The molecular formula is C21H24N6O. The summed E-state index contributed by atoms with van der Waals surface area (Å²) < 4.78 is 1.67. The molecule has 1 atom stereocenters. The zero-order valence-corrected chi connectivity index (χ0v) is 15.6. The van der Waals surface area contributed by atoms with Gasteiger partial charge in [0.2, 0.25) is 5.95 Å². The number of aromatic amines is 1. The molecule has 0 aliphatic heterocycles. The van der Waals surface area contributed by atoms with Crippen LogP contribution in [0.5, 0.6) is 0 Å². The van der Waals surface area contributed by atoms with E-state index in [2.05, 4.69) is 56.7 Å². The van der Waals surface area contributed by atoms with Gasteiger partial charge in [-0.3, -0.25) is 4.57 Å². The van der Waals surface area contributed by atoms with Crippen LogP contribution in [0.2, 0.25) is 0 Å². The molecule has 1 aliphatic carbocycles. The molecule has 0 spiro atoms. The average Bonchev–Trinajstić information content (AvgIpc) is 3.04. The summed E-state index contributed by atoms with van der Waals surface area (Å²) in [5.74, 6) is 0.826. The molecule has 1 aromatic carbocycles. The van der Waals surface area contributed by atoms with Gasteiger partial charge in [-0.1, -0.05) is 48.6 Å². The highest BCUT2D eigenvalue weighted by Gasteiger charge is 2.16. The maximum Gasteiger partial charge on any atom is 0.328 e. The van der Waals surface area contributed by atoms with Gasteiger partial charge < -0.3 is 16.0 Å². The Hall–Kier alpha value is -3.19. The number of rotatable bonds is 7. The Morgan fingerprint density at radius 2 is 2.18 bits per heavy atom. The summed E-state index contributed by atoms with van der Waals surface area (Å²) in [6, 6.07) is 8.27. The van der Waals surface area contributed by atoms with Gasteiger partial charge in [0.25, 0.3) is 0 Å². The summed E-state index contributed by atoms with van der Waals surface area (Å²) in [7, 11) is 0. The van der Waals surface area contributed by atoms with E-state index in [-0.39, 0.29) is 5.69 Å². The average molecular weight is 376 g/mol. The summed E-state index contributed by atoms with van der Waals surface area (Å²) in [6.45, 7) is 1.76. The second kappa shape index (κ2) is 8.22. The largest absolute Gasteiger partial charge is 0.354 e. The highest BCUT2D eigenvalue weighted by Crippen LogP contribution is 2.28. The molecule has 7 heteroatoms. The van der Waals surface area contributed by atoms with Crippen LogP contribution >= 0.6 is 0 Å². The fraction of sp³-hybridized carbons (Fsp3) is 0.286. The third kappa shape index (κ3) is 3.75. The number of fused-ring (bicyclic) bond motifs is 1. The van der Waals surface area contributed by atoms with Crippen LogP contribution < -0.4 is 16.7 Å². The number of nitrogens with two attached hydrogens (primary N) is 1. The van der Waals surface area contributed by atoms with Crippen molar-refractivity contribution in [3.05, 3.63) is 76.4 Å².